The van der Waals surface area contributed by atoms with Crippen LogP contribution in [-0.4, -0.2) is 33.1 Å². The molecule has 1 atom stereocenters. The maximum Gasteiger partial charge on any atom is 0.416 e. The van der Waals surface area contributed by atoms with E-state index in [1.54, 1.807) is 0 Å². The van der Waals surface area contributed by atoms with Crippen molar-refractivity contribution in [2.24, 2.45) is 0 Å². The molecule has 32 heavy (non-hydrogen) atoms. The highest BCUT2D eigenvalue weighted by atomic mass is 32.1. The van der Waals surface area contributed by atoms with Crippen LogP contribution < -0.4 is 16.0 Å². The molecule has 168 valence electrons. The van der Waals surface area contributed by atoms with Crippen molar-refractivity contribution in [3.05, 3.63) is 65.6 Å². The number of pyridine rings is 1. The Morgan fingerprint density at radius 1 is 1.16 bits per heavy atom. The van der Waals surface area contributed by atoms with Gasteiger partial charge in [-0.3, -0.25) is 14.3 Å². The number of anilines is 3. The lowest BCUT2D eigenvalue weighted by molar-refractivity contribution is -0.137. The number of rotatable bonds is 3. The summed E-state index contributed by atoms with van der Waals surface area (Å²) in [5.41, 5.74) is 5.60. The number of nitrogens with two attached hydrogens (primary N) is 1. The van der Waals surface area contributed by atoms with Crippen LogP contribution in [-0.2, 0) is 6.18 Å². The van der Waals surface area contributed by atoms with Gasteiger partial charge in [-0.05, 0) is 43.3 Å². The molecule has 4 rings (SSSR count). The van der Waals surface area contributed by atoms with Crippen LogP contribution in [0, 0.1) is 0 Å². The van der Waals surface area contributed by atoms with Gasteiger partial charge in [0.1, 0.15) is 5.82 Å². The van der Waals surface area contributed by atoms with Gasteiger partial charge >= 0.3 is 6.18 Å². The van der Waals surface area contributed by atoms with Crippen LogP contribution >= 0.6 is 13.5 Å². The average Bonchev–Trinajstić information content (AvgIpc) is 3.15. The molecule has 8 nitrogen and oxygen atoms in total. The molecule has 3 N–H and O–H groups in total. The third-order valence-corrected chi connectivity index (χ3v) is 4.91. The lowest BCUT2D eigenvalue weighted by Crippen LogP contribution is -2.43. The number of carbonyl (C=O) groups is 2. The van der Waals surface area contributed by atoms with E-state index >= 15 is 0 Å². The van der Waals surface area contributed by atoms with Gasteiger partial charge < -0.3 is 16.0 Å². The van der Waals surface area contributed by atoms with Crippen molar-refractivity contribution < 1.29 is 22.8 Å². The van der Waals surface area contributed by atoms with E-state index in [4.69, 9.17) is 5.73 Å². The minimum atomic E-state index is -4.47. The minimum Gasteiger partial charge on any atom is -0.384 e. The number of hydrogen-bond donors (Lipinski definition) is 2. The van der Waals surface area contributed by atoms with E-state index in [9.17, 15) is 22.8 Å². The van der Waals surface area contributed by atoms with Crippen molar-refractivity contribution in [3.8, 4) is 0 Å². The Kier molecular flexibility index (Phi) is 6.17. The van der Waals surface area contributed by atoms with E-state index < -0.39 is 23.6 Å². The van der Waals surface area contributed by atoms with E-state index in [0.29, 0.717) is 5.69 Å². The molecule has 0 spiro atoms. The molecule has 1 aliphatic heterocycles. The fraction of sp³-hybridized carbons (Fsp3) is 0.200. The number of carbonyl (C=O) groups excluding carboxylic acids is 2. The summed E-state index contributed by atoms with van der Waals surface area (Å²) in [5, 5.41) is 6.83. The lowest BCUT2D eigenvalue weighted by atomic mass is 10.1. The van der Waals surface area contributed by atoms with Crippen molar-refractivity contribution in [2.75, 3.05) is 22.5 Å². The minimum absolute atomic E-state index is 0. The van der Waals surface area contributed by atoms with Gasteiger partial charge in [0, 0.05) is 18.4 Å². The third kappa shape index (κ3) is 4.26. The SMILES string of the molecule is C[C@H]1CN(c2ccc(C(F)(F)F)cc2)C(=O)c2c(NC(=O)c3ccc(N)nc3)cnn21.S. The normalized spacial score (nSPS) is 15.7. The van der Waals surface area contributed by atoms with Crippen molar-refractivity contribution in [2.45, 2.75) is 19.1 Å². The van der Waals surface area contributed by atoms with Crippen LogP contribution in [0.2, 0.25) is 0 Å². The van der Waals surface area contributed by atoms with Crippen molar-refractivity contribution in [3.63, 3.8) is 0 Å². The highest BCUT2D eigenvalue weighted by Crippen LogP contribution is 2.33. The van der Waals surface area contributed by atoms with E-state index in [2.05, 4.69) is 15.4 Å². The number of hydrogen-bond acceptors (Lipinski definition) is 5. The van der Waals surface area contributed by atoms with Gasteiger partial charge in [0.15, 0.2) is 5.69 Å². The fourth-order valence-electron chi connectivity index (χ4n) is 3.34. The van der Waals surface area contributed by atoms with E-state index in [1.165, 1.54) is 46.2 Å². The maximum atomic E-state index is 13.2. The number of aromatic nitrogens is 3. The Hall–Kier alpha value is -3.54. The summed E-state index contributed by atoms with van der Waals surface area (Å²) < 4.78 is 40.0. The van der Waals surface area contributed by atoms with Crippen LogP contribution in [0.3, 0.4) is 0 Å². The number of alkyl halides is 3. The first-order chi connectivity index (χ1) is 14.6. The zero-order valence-electron chi connectivity index (χ0n) is 16.7. The molecule has 0 unspecified atom stereocenters. The zero-order chi connectivity index (χ0) is 22.3. The summed E-state index contributed by atoms with van der Waals surface area (Å²) in [5.74, 6) is -0.729. The standard InChI is InChI=1S/C20H17F3N6O2.H2S/c1-11-10-28(14-5-3-13(4-6-14)20(21,22)23)19(31)17-15(9-26-29(11)17)27-18(30)12-2-7-16(24)25-8-12;/h2-9,11H,10H2,1H3,(H2,24,25)(H,27,30);1H2/t11-;/m0./s1. The number of benzene rings is 1. The summed E-state index contributed by atoms with van der Waals surface area (Å²) in [7, 11) is 0. The third-order valence-electron chi connectivity index (χ3n) is 4.91. The first kappa shape index (κ1) is 23.1. The van der Waals surface area contributed by atoms with Gasteiger partial charge in [-0.2, -0.15) is 31.8 Å². The molecule has 2 aromatic heterocycles. The molecule has 12 heteroatoms. The van der Waals surface area contributed by atoms with E-state index in [0.717, 1.165) is 12.1 Å². The Labute approximate surface area is 187 Å². The molecule has 1 aromatic carbocycles. The van der Waals surface area contributed by atoms with Gasteiger partial charge in [-0.25, -0.2) is 4.98 Å². The van der Waals surface area contributed by atoms with Crippen LogP contribution in [0.4, 0.5) is 30.4 Å². The fourth-order valence-corrected chi connectivity index (χ4v) is 3.34. The summed E-state index contributed by atoms with van der Waals surface area (Å²) in [4.78, 5) is 30.9. The number of halogens is 3. The number of fused-ring (bicyclic) bond motifs is 1. The number of nitrogen functional groups attached to an aromatic ring is 1. The second-order valence-corrected chi connectivity index (χ2v) is 7.09. The molecule has 0 fully saturated rings. The Balaban J connectivity index is 0.00000289. The topological polar surface area (TPSA) is 106 Å². The van der Waals surface area contributed by atoms with Crippen LogP contribution in [0.25, 0.3) is 0 Å². The Bertz CT molecular complexity index is 1150. The predicted octanol–water partition coefficient (Wildman–Crippen LogP) is 3.47. The van der Waals surface area contributed by atoms with Gasteiger partial charge in [-0.1, -0.05) is 0 Å². The molecular formula is C20H19F3N6O2S. The quantitative estimate of drug-likeness (QED) is 0.618. The Morgan fingerprint density at radius 3 is 2.44 bits per heavy atom. The largest absolute Gasteiger partial charge is 0.416 e. The predicted molar refractivity (Wildman–Crippen MR) is 117 cm³/mol. The smallest absolute Gasteiger partial charge is 0.384 e. The molecule has 3 heterocycles. The summed E-state index contributed by atoms with van der Waals surface area (Å²) in [6.07, 6.45) is -1.80. The second-order valence-electron chi connectivity index (χ2n) is 7.09. The van der Waals surface area contributed by atoms with Gasteiger partial charge in [0.2, 0.25) is 0 Å². The van der Waals surface area contributed by atoms with Crippen LogP contribution in [0.15, 0.2) is 48.8 Å². The monoisotopic (exact) mass is 464 g/mol. The van der Waals surface area contributed by atoms with E-state index in [1.807, 2.05) is 6.92 Å². The van der Waals surface area contributed by atoms with Crippen LogP contribution in [0.1, 0.15) is 39.4 Å². The highest BCUT2D eigenvalue weighted by molar-refractivity contribution is 7.59. The Morgan fingerprint density at radius 2 is 1.84 bits per heavy atom. The van der Waals surface area contributed by atoms with Gasteiger partial charge in [-0.15, -0.1) is 0 Å². The second kappa shape index (κ2) is 8.54. The van der Waals surface area contributed by atoms with Crippen molar-refractivity contribution >= 4 is 42.5 Å². The van der Waals surface area contributed by atoms with Gasteiger partial charge in [0.05, 0.1) is 29.1 Å². The van der Waals surface area contributed by atoms with E-state index in [-0.39, 0.29) is 48.8 Å². The lowest BCUT2D eigenvalue weighted by Gasteiger charge is -2.32. The average molecular weight is 464 g/mol. The van der Waals surface area contributed by atoms with Gasteiger partial charge in [0.25, 0.3) is 11.8 Å². The molecule has 0 radical (unpaired) electrons. The summed E-state index contributed by atoms with van der Waals surface area (Å²) >= 11 is 0. The maximum absolute atomic E-state index is 13.2. The molecule has 0 saturated carbocycles. The first-order valence-corrected chi connectivity index (χ1v) is 9.24. The molecule has 3 aromatic rings. The number of nitrogens with zero attached hydrogens (tertiary/aromatic N) is 4. The first-order valence-electron chi connectivity index (χ1n) is 9.24. The molecule has 0 bridgehead atoms. The van der Waals surface area contributed by atoms with Crippen LogP contribution in [0.5, 0.6) is 0 Å². The molecular weight excluding hydrogens is 445 g/mol. The molecule has 2 amide bonds. The highest BCUT2D eigenvalue weighted by Gasteiger charge is 2.35. The molecule has 0 saturated heterocycles. The molecule has 0 aliphatic carbocycles. The summed E-state index contributed by atoms with van der Waals surface area (Å²) in [6, 6.07) is 7.05. The zero-order valence-corrected chi connectivity index (χ0v) is 17.7. The molecule has 1 aliphatic rings. The summed E-state index contributed by atoms with van der Waals surface area (Å²) in [6.45, 7) is 2.03. The number of amides is 2. The van der Waals surface area contributed by atoms with Crippen molar-refractivity contribution in [1.29, 1.82) is 0 Å². The number of nitrogens with one attached hydrogen (secondary N) is 1. The van der Waals surface area contributed by atoms with Crippen molar-refractivity contribution in [1.82, 2.24) is 14.8 Å².